The van der Waals surface area contributed by atoms with Crippen molar-refractivity contribution < 1.29 is 0 Å². The van der Waals surface area contributed by atoms with Gasteiger partial charge in [-0.05, 0) is 31.0 Å². The Balaban J connectivity index is 2.63. The number of nitrogens with two attached hydrogens (primary N) is 2. The molecule has 0 amide bonds. The van der Waals surface area contributed by atoms with Gasteiger partial charge in [0.15, 0.2) is 0 Å². The number of benzene rings is 2. The van der Waals surface area contributed by atoms with E-state index in [0.717, 1.165) is 33.6 Å². The number of para-hydroxylation sites is 1. The van der Waals surface area contributed by atoms with Crippen LogP contribution in [-0.4, -0.2) is 0 Å². The molecule has 0 aliphatic rings. The second-order valence-corrected chi connectivity index (χ2v) is 4.13. The zero-order valence-corrected chi connectivity index (χ0v) is 9.62. The van der Waals surface area contributed by atoms with Gasteiger partial charge in [0, 0.05) is 22.5 Å². The monoisotopic (exact) mass is 212 g/mol. The van der Waals surface area contributed by atoms with E-state index < -0.39 is 0 Å². The highest BCUT2D eigenvalue weighted by molar-refractivity contribution is 5.85. The lowest BCUT2D eigenvalue weighted by Crippen LogP contribution is -1.96. The molecule has 0 aliphatic heterocycles. The summed E-state index contributed by atoms with van der Waals surface area (Å²) in [5.74, 6) is 0. The molecular formula is C14H16N2. The molecule has 2 aromatic carbocycles. The van der Waals surface area contributed by atoms with Gasteiger partial charge in [-0.1, -0.05) is 30.3 Å². The fraction of sp³-hybridized carbons (Fsp3) is 0.143. The van der Waals surface area contributed by atoms with Gasteiger partial charge in [-0.2, -0.15) is 0 Å². The number of rotatable bonds is 1. The number of hydrogen-bond donors (Lipinski definition) is 2. The topological polar surface area (TPSA) is 52.0 Å². The van der Waals surface area contributed by atoms with Crippen LogP contribution in [-0.2, 0) is 0 Å². The minimum absolute atomic E-state index is 0.775. The van der Waals surface area contributed by atoms with E-state index in [9.17, 15) is 0 Å². The first-order valence-electron chi connectivity index (χ1n) is 5.31. The lowest BCUT2D eigenvalue weighted by molar-refractivity contribution is 1.44. The van der Waals surface area contributed by atoms with Gasteiger partial charge in [0.25, 0.3) is 0 Å². The molecule has 2 aromatic rings. The third-order valence-electron chi connectivity index (χ3n) is 2.82. The zero-order chi connectivity index (χ0) is 11.7. The molecule has 0 saturated heterocycles. The van der Waals surface area contributed by atoms with Crippen molar-refractivity contribution in [1.29, 1.82) is 0 Å². The molecule has 82 valence electrons. The number of aryl methyl sites for hydroxylation is 2. The smallest absolute Gasteiger partial charge is 0.0424 e. The minimum Gasteiger partial charge on any atom is -0.398 e. The van der Waals surface area contributed by atoms with Gasteiger partial charge < -0.3 is 11.5 Å². The average Bonchev–Trinajstić information content (AvgIpc) is 2.23. The van der Waals surface area contributed by atoms with E-state index in [-0.39, 0.29) is 0 Å². The summed E-state index contributed by atoms with van der Waals surface area (Å²) in [7, 11) is 0. The molecule has 0 radical (unpaired) electrons. The third-order valence-corrected chi connectivity index (χ3v) is 2.82. The molecule has 0 saturated carbocycles. The second-order valence-electron chi connectivity index (χ2n) is 4.13. The highest BCUT2D eigenvalue weighted by atomic mass is 14.6. The standard InChI is InChI=1S/C14H16N2/c1-9-6-7-11(13(15)8-9)12-5-3-4-10(2)14(12)16/h3-8H,15-16H2,1-2H3. The van der Waals surface area contributed by atoms with E-state index >= 15 is 0 Å². The molecule has 0 atom stereocenters. The van der Waals surface area contributed by atoms with Crippen molar-refractivity contribution in [3.8, 4) is 11.1 Å². The first-order chi connectivity index (χ1) is 7.59. The number of hydrogen-bond acceptors (Lipinski definition) is 2. The lowest BCUT2D eigenvalue weighted by Gasteiger charge is -2.11. The van der Waals surface area contributed by atoms with Crippen LogP contribution in [0, 0.1) is 13.8 Å². The van der Waals surface area contributed by atoms with Crippen molar-refractivity contribution in [2.24, 2.45) is 0 Å². The van der Waals surface area contributed by atoms with Crippen LogP contribution in [0.1, 0.15) is 11.1 Å². The Morgan fingerprint density at radius 3 is 2.31 bits per heavy atom. The minimum atomic E-state index is 0.775. The maximum atomic E-state index is 6.07. The Labute approximate surface area is 95.9 Å². The van der Waals surface area contributed by atoms with Crippen LogP contribution < -0.4 is 11.5 Å². The summed E-state index contributed by atoms with van der Waals surface area (Å²) in [6.45, 7) is 4.03. The lowest BCUT2D eigenvalue weighted by atomic mass is 9.98. The molecule has 0 aromatic heterocycles. The van der Waals surface area contributed by atoms with Crippen LogP contribution in [0.25, 0.3) is 11.1 Å². The van der Waals surface area contributed by atoms with Gasteiger partial charge in [-0.25, -0.2) is 0 Å². The fourth-order valence-electron chi connectivity index (χ4n) is 1.84. The normalized spacial score (nSPS) is 10.4. The predicted molar refractivity (Wildman–Crippen MR) is 70.2 cm³/mol. The van der Waals surface area contributed by atoms with Crippen molar-refractivity contribution in [3.63, 3.8) is 0 Å². The van der Waals surface area contributed by atoms with Gasteiger partial charge in [-0.3, -0.25) is 0 Å². The number of nitrogen functional groups attached to an aromatic ring is 2. The summed E-state index contributed by atoms with van der Waals surface area (Å²) in [4.78, 5) is 0. The van der Waals surface area contributed by atoms with Crippen LogP contribution in [0.4, 0.5) is 11.4 Å². The van der Waals surface area contributed by atoms with E-state index in [4.69, 9.17) is 11.5 Å². The van der Waals surface area contributed by atoms with E-state index in [0.29, 0.717) is 0 Å². The molecule has 4 N–H and O–H groups in total. The summed E-state index contributed by atoms with van der Waals surface area (Å²) in [5.41, 5.74) is 17.9. The molecule has 0 unspecified atom stereocenters. The van der Waals surface area contributed by atoms with Crippen LogP contribution >= 0.6 is 0 Å². The van der Waals surface area contributed by atoms with Gasteiger partial charge in [-0.15, -0.1) is 0 Å². The van der Waals surface area contributed by atoms with Crippen LogP contribution in [0.15, 0.2) is 36.4 Å². The van der Waals surface area contributed by atoms with Crippen molar-refractivity contribution in [2.45, 2.75) is 13.8 Å². The average molecular weight is 212 g/mol. The highest BCUT2D eigenvalue weighted by Gasteiger charge is 2.07. The highest BCUT2D eigenvalue weighted by Crippen LogP contribution is 2.32. The maximum Gasteiger partial charge on any atom is 0.0424 e. The molecule has 0 spiro atoms. The summed E-state index contributed by atoms with van der Waals surface area (Å²) in [6.07, 6.45) is 0. The number of anilines is 2. The molecule has 0 fully saturated rings. The molecule has 2 heteroatoms. The Bertz CT molecular complexity index is 530. The van der Waals surface area contributed by atoms with Crippen LogP contribution in [0.5, 0.6) is 0 Å². The fourth-order valence-corrected chi connectivity index (χ4v) is 1.84. The largest absolute Gasteiger partial charge is 0.398 e. The Morgan fingerprint density at radius 2 is 1.62 bits per heavy atom. The first-order valence-corrected chi connectivity index (χ1v) is 5.31. The molecular weight excluding hydrogens is 196 g/mol. The summed E-state index contributed by atoms with van der Waals surface area (Å²) < 4.78 is 0. The van der Waals surface area contributed by atoms with E-state index in [1.54, 1.807) is 0 Å². The Morgan fingerprint density at radius 1 is 0.875 bits per heavy atom. The van der Waals surface area contributed by atoms with Gasteiger partial charge in [0.1, 0.15) is 0 Å². The van der Waals surface area contributed by atoms with Gasteiger partial charge in [0.2, 0.25) is 0 Å². The van der Waals surface area contributed by atoms with Crippen molar-refractivity contribution in [1.82, 2.24) is 0 Å². The molecule has 0 aliphatic carbocycles. The maximum absolute atomic E-state index is 6.07. The molecule has 2 nitrogen and oxygen atoms in total. The molecule has 2 rings (SSSR count). The Hall–Kier alpha value is -1.96. The predicted octanol–water partition coefficient (Wildman–Crippen LogP) is 3.13. The zero-order valence-electron chi connectivity index (χ0n) is 9.62. The van der Waals surface area contributed by atoms with Crippen molar-refractivity contribution in [3.05, 3.63) is 47.5 Å². The van der Waals surface area contributed by atoms with Crippen LogP contribution in [0.3, 0.4) is 0 Å². The van der Waals surface area contributed by atoms with Crippen LogP contribution in [0.2, 0.25) is 0 Å². The van der Waals surface area contributed by atoms with E-state index in [2.05, 4.69) is 0 Å². The second kappa shape index (κ2) is 3.89. The molecule has 0 heterocycles. The SMILES string of the molecule is Cc1ccc(-c2cccc(C)c2N)c(N)c1. The van der Waals surface area contributed by atoms with E-state index in [1.807, 2.05) is 50.2 Å². The quantitative estimate of drug-likeness (QED) is 0.713. The van der Waals surface area contributed by atoms with Crippen molar-refractivity contribution >= 4 is 11.4 Å². The molecule has 0 bridgehead atoms. The summed E-state index contributed by atoms with van der Waals surface area (Å²) in [5, 5.41) is 0. The third kappa shape index (κ3) is 1.74. The van der Waals surface area contributed by atoms with Crippen molar-refractivity contribution in [2.75, 3.05) is 11.5 Å². The van der Waals surface area contributed by atoms with E-state index in [1.165, 1.54) is 0 Å². The molecule has 16 heavy (non-hydrogen) atoms. The summed E-state index contributed by atoms with van der Waals surface area (Å²) in [6, 6.07) is 12.0. The summed E-state index contributed by atoms with van der Waals surface area (Å²) >= 11 is 0. The van der Waals surface area contributed by atoms with Gasteiger partial charge >= 0.3 is 0 Å². The first kappa shape index (κ1) is 10.6. The Kier molecular flexibility index (Phi) is 2.57. The van der Waals surface area contributed by atoms with Gasteiger partial charge in [0.05, 0.1) is 0 Å².